The Labute approximate surface area is 124 Å². The highest BCUT2D eigenvalue weighted by Gasteiger charge is 2.24. The fraction of sp³-hybridized carbons (Fsp3) is 0.412. The maximum atomic E-state index is 5.88. The van der Waals surface area contributed by atoms with Crippen LogP contribution in [0.1, 0.15) is 47.7 Å². The Hall–Kier alpha value is -2.10. The van der Waals surface area contributed by atoms with Crippen molar-refractivity contribution < 1.29 is 0 Å². The summed E-state index contributed by atoms with van der Waals surface area (Å²) in [6.45, 7) is 0. The van der Waals surface area contributed by atoms with E-state index in [0.29, 0.717) is 6.04 Å². The summed E-state index contributed by atoms with van der Waals surface area (Å²) in [4.78, 5) is 8.94. The van der Waals surface area contributed by atoms with E-state index in [9.17, 15) is 0 Å². The molecule has 0 fully saturated rings. The van der Waals surface area contributed by atoms with Crippen molar-refractivity contribution in [2.75, 3.05) is 11.1 Å². The molecule has 2 aliphatic carbocycles. The normalized spacial score (nSPS) is 19.9. The van der Waals surface area contributed by atoms with E-state index < -0.39 is 0 Å². The van der Waals surface area contributed by atoms with E-state index in [1.165, 1.54) is 35.2 Å². The first-order chi connectivity index (χ1) is 10.3. The molecule has 0 spiro atoms. The fourth-order valence-electron chi connectivity index (χ4n) is 3.60. The summed E-state index contributed by atoms with van der Waals surface area (Å²) < 4.78 is 0. The van der Waals surface area contributed by atoms with Crippen molar-refractivity contribution in [2.24, 2.45) is 0 Å². The minimum atomic E-state index is 0.349. The highest BCUT2D eigenvalue weighted by Crippen LogP contribution is 2.36. The third-order valence-corrected chi connectivity index (χ3v) is 4.68. The summed E-state index contributed by atoms with van der Waals surface area (Å²) in [5.41, 5.74) is 12.0. The van der Waals surface area contributed by atoms with Crippen LogP contribution in [-0.4, -0.2) is 9.97 Å². The molecule has 0 saturated heterocycles. The standard InChI is InChI=1S/C17H20N4/c18-12-6-7-13-11(9-12)5-8-16(13)21-17-14-3-1-2-4-15(14)19-10-20-17/h6-7,9-10,16H,1-5,8,18H2,(H,19,20,21). The molecule has 1 aromatic carbocycles. The lowest BCUT2D eigenvalue weighted by Gasteiger charge is -2.21. The Morgan fingerprint density at radius 3 is 2.95 bits per heavy atom. The fourth-order valence-corrected chi connectivity index (χ4v) is 3.60. The van der Waals surface area contributed by atoms with Crippen molar-refractivity contribution in [3.63, 3.8) is 0 Å². The number of anilines is 2. The second kappa shape index (κ2) is 5.02. The minimum Gasteiger partial charge on any atom is -0.399 e. The molecule has 0 amide bonds. The molecule has 1 unspecified atom stereocenters. The third kappa shape index (κ3) is 2.24. The largest absolute Gasteiger partial charge is 0.399 e. The quantitative estimate of drug-likeness (QED) is 0.830. The molecule has 108 valence electrons. The van der Waals surface area contributed by atoms with Crippen molar-refractivity contribution in [3.8, 4) is 0 Å². The number of nitrogens with two attached hydrogens (primary N) is 1. The first kappa shape index (κ1) is 12.6. The molecule has 21 heavy (non-hydrogen) atoms. The van der Waals surface area contributed by atoms with E-state index in [0.717, 1.165) is 37.2 Å². The Balaban J connectivity index is 1.64. The maximum absolute atomic E-state index is 5.88. The number of aromatic nitrogens is 2. The smallest absolute Gasteiger partial charge is 0.133 e. The van der Waals surface area contributed by atoms with Crippen LogP contribution in [0.15, 0.2) is 24.5 Å². The van der Waals surface area contributed by atoms with Crippen LogP contribution in [0.2, 0.25) is 0 Å². The van der Waals surface area contributed by atoms with E-state index in [4.69, 9.17) is 5.73 Å². The molecule has 1 aromatic heterocycles. The average Bonchev–Trinajstić information content (AvgIpc) is 2.90. The van der Waals surface area contributed by atoms with Gasteiger partial charge in [0.15, 0.2) is 0 Å². The van der Waals surface area contributed by atoms with Gasteiger partial charge in [0.25, 0.3) is 0 Å². The zero-order valence-corrected chi connectivity index (χ0v) is 12.1. The molecule has 1 atom stereocenters. The monoisotopic (exact) mass is 280 g/mol. The number of nitrogens with zero attached hydrogens (tertiary/aromatic N) is 2. The second-order valence-electron chi connectivity index (χ2n) is 6.05. The number of rotatable bonds is 2. The summed E-state index contributed by atoms with van der Waals surface area (Å²) in [5, 5.41) is 3.65. The van der Waals surface area contributed by atoms with E-state index in [1.54, 1.807) is 6.33 Å². The zero-order valence-electron chi connectivity index (χ0n) is 12.1. The maximum Gasteiger partial charge on any atom is 0.133 e. The molecule has 0 bridgehead atoms. The first-order valence-electron chi connectivity index (χ1n) is 7.79. The highest BCUT2D eigenvalue weighted by atomic mass is 15.0. The second-order valence-corrected chi connectivity index (χ2v) is 6.05. The lowest BCUT2D eigenvalue weighted by atomic mass is 9.96. The number of aryl methyl sites for hydroxylation is 2. The average molecular weight is 280 g/mol. The SMILES string of the molecule is Nc1ccc2c(c1)CCC2Nc1ncnc2c1CCCC2. The van der Waals surface area contributed by atoms with Gasteiger partial charge in [-0.1, -0.05) is 6.07 Å². The van der Waals surface area contributed by atoms with E-state index in [-0.39, 0.29) is 0 Å². The molecular weight excluding hydrogens is 260 g/mol. The highest BCUT2D eigenvalue weighted by molar-refractivity contribution is 5.53. The van der Waals surface area contributed by atoms with Gasteiger partial charge in [-0.3, -0.25) is 0 Å². The third-order valence-electron chi connectivity index (χ3n) is 4.68. The van der Waals surface area contributed by atoms with Crippen LogP contribution in [0.4, 0.5) is 11.5 Å². The van der Waals surface area contributed by atoms with Crippen LogP contribution in [0.3, 0.4) is 0 Å². The van der Waals surface area contributed by atoms with Gasteiger partial charge in [0.1, 0.15) is 12.1 Å². The van der Waals surface area contributed by atoms with Gasteiger partial charge < -0.3 is 11.1 Å². The molecule has 0 radical (unpaired) electrons. The van der Waals surface area contributed by atoms with Gasteiger partial charge in [-0.25, -0.2) is 9.97 Å². The number of nitrogen functional groups attached to an aromatic ring is 1. The van der Waals surface area contributed by atoms with Crippen LogP contribution in [-0.2, 0) is 19.3 Å². The van der Waals surface area contributed by atoms with Crippen molar-refractivity contribution in [1.82, 2.24) is 9.97 Å². The van der Waals surface area contributed by atoms with Gasteiger partial charge in [0.05, 0.1) is 6.04 Å². The van der Waals surface area contributed by atoms with Crippen LogP contribution in [0, 0.1) is 0 Å². The zero-order chi connectivity index (χ0) is 14.2. The topological polar surface area (TPSA) is 63.8 Å². The van der Waals surface area contributed by atoms with Gasteiger partial charge in [0, 0.05) is 16.9 Å². The summed E-state index contributed by atoms with van der Waals surface area (Å²) >= 11 is 0. The van der Waals surface area contributed by atoms with Crippen molar-refractivity contribution in [2.45, 2.75) is 44.6 Å². The predicted octanol–water partition coefficient (Wildman–Crippen LogP) is 3.04. The Bertz CT molecular complexity index is 680. The molecule has 2 aliphatic rings. The number of hydrogen-bond acceptors (Lipinski definition) is 4. The van der Waals surface area contributed by atoms with Gasteiger partial charge in [-0.2, -0.15) is 0 Å². The van der Waals surface area contributed by atoms with Crippen molar-refractivity contribution in [3.05, 3.63) is 46.9 Å². The molecule has 0 saturated carbocycles. The van der Waals surface area contributed by atoms with Crippen molar-refractivity contribution in [1.29, 1.82) is 0 Å². The van der Waals surface area contributed by atoms with E-state index in [1.807, 2.05) is 6.07 Å². The minimum absolute atomic E-state index is 0.349. The molecule has 4 nitrogen and oxygen atoms in total. The van der Waals surface area contributed by atoms with E-state index in [2.05, 4.69) is 27.4 Å². The van der Waals surface area contributed by atoms with E-state index >= 15 is 0 Å². The molecule has 4 rings (SSSR count). The summed E-state index contributed by atoms with van der Waals surface area (Å²) in [5.74, 6) is 1.04. The summed E-state index contributed by atoms with van der Waals surface area (Å²) in [7, 11) is 0. The lowest BCUT2D eigenvalue weighted by molar-refractivity contribution is 0.659. The van der Waals surface area contributed by atoms with Crippen LogP contribution >= 0.6 is 0 Å². The lowest BCUT2D eigenvalue weighted by Crippen LogP contribution is -2.15. The van der Waals surface area contributed by atoms with Gasteiger partial charge in [0.2, 0.25) is 0 Å². The molecular formula is C17H20N4. The number of benzene rings is 1. The Morgan fingerprint density at radius 2 is 2.00 bits per heavy atom. The number of hydrogen-bond donors (Lipinski definition) is 2. The van der Waals surface area contributed by atoms with Crippen molar-refractivity contribution >= 4 is 11.5 Å². The van der Waals surface area contributed by atoms with Gasteiger partial charge in [-0.15, -0.1) is 0 Å². The summed E-state index contributed by atoms with van der Waals surface area (Å²) in [6, 6.07) is 6.60. The van der Waals surface area contributed by atoms with Gasteiger partial charge in [-0.05, 0) is 61.8 Å². The molecule has 2 aromatic rings. The van der Waals surface area contributed by atoms with Crippen LogP contribution in [0.5, 0.6) is 0 Å². The number of fused-ring (bicyclic) bond motifs is 2. The molecule has 3 N–H and O–H groups in total. The first-order valence-corrected chi connectivity index (χ1v) is 7.79. The van der Waals surface area contributed by atoms with Crippen LogP contribution < -0.4 is 11.1 Å². The molecule has 1 heterocycles. The predicted molar refractivity (Wildman–Crippen MR) is 84.2 cm³/mol. The Morgan fingerprint density at radius 1 is 1.10 bits per heavy atom. The number of nitrogens with one attached hydrogen (secondary N) is 1. The molecule has 4 heteroatoms. The Kier molecular flexibility index (Phi) is 3.02. The van der Waals surface area contributed by atoms with Gasteiger partial charge >= 0.3 is 0 Å². The van der Waals surface area contributed by atoms with Crippen LogP contribution in [0.25, 0.3) is 0 Å². The molecule has 0 aliphatic heterocycles. The summed E-state index contributed by atoms with van der Waals surface area (Å²) in [6.07, 6.45) is 8.57.